The van der Waals surface area contributed by atoms with Gasteiger partial charge in [-0.1, -0.05) is 0 Å². The maximum atomic E-state index is 12.3. The average molecular weight is 300 g/mol. The number of benzene rings is 1. The van der Waals surface area contributed by atoms with E-state index in [1.807, 2.05) is 20.8 Å². The molecule has 1 rings (SSSR count). The van der Waals surface area contributed by atoms with E-state index in [1.165, 1.54) is 0 Å². The van der Waals surface area contributed by atoms with Crippen LogP contribution < -0.4 is 9.47 Å². The number of nitrogens with zero attached hydrogens (tertiary/aromatic N) is 1. The zero-order valence-electron chi connectivity index (χ0n) is 12.5. The fourth-order valence-corrected chi connectivity index (χ4v) is 1.90. The van der Waals surface area contributed by atoms with Gasteiger partial charge in [-0.25, -0.2) is 0 Å². The summed E-state index contributed by atoms with van der Waals surface area (Å²) in [5, 5.41) is 0. The first-order valence-electron chi connectivity index (χ1n) is 6.77. The Kier molecular flexibility index (Phi) is 6.65. The normalized spacial score (nSPS) is 11.8. The highest BCUT2D eigenvalue weighted by molar-refractivity contribution is 6.18. The Morgan fingerprint density at radius 3 is 2.40 bits per heavy atom. The molecule has 1 atom stereocenters. The topological polar surface area (TPSA) is 38.8 Å². The zero-order valence-corrected chi connectivity index (χ0v) is 13.2. The number of hydrogen-bond acceptors (Lipinski definition) is 3. The van der Waals surface area contributed by atoms with Crippen molar-refractivity contribution in [1.29, 1.82) is 0 Å². The molecule has 0 aliphatic rings. The van der Waals surface area contributed by atoms with Crippen molar-refractivity contribution >= 4 is 17.5 Å². The maximum absolute atomic E-state index is 12.3. The molecule has 0 saturated carbocycles. The number of rotatable bonds is 7. The van der Waals surface area contributed by atoms with Crippen LogP contribution in [0.4, 0.5) is 0 Å². The molecule has 0 heterocycles. The second-order valence-corrected chi connectivity index (χ2v) is 4.76. The second-order valence-electron chi connectivity index (χ2n) is 4.45. The van der Waals surface area contributed by atoms with Gasteiger partial charge in [-0.15, -0.1) is 11.6 Å². The fourth-order valence-electron chi connectivity index (χ4n) is 1.69. The van der Waals surface area contributed by atoms with E-state index in [0.29, 0.717) is 36.2 Å². The molecule has 0 aromatic heterocycles. The van der Waals surface area contributed by atoms with E-state index in [9.17, 15) is 4.79 Å². The summed E-state index contributed by atoms with van der Waals surface area (Å²) in [5.41, 5.74) is 0.566. The van der Waals surface area contributed by atoms with Crippen molar-refractivity contribution in [2.75, 3.05) is 26.1 Å². The number of halogens is 1. The minimum Gasteiger partial charge on any atom is -0.490 e. The highest BCUT2D eigenvalue weighted by Gasteiger charge is 2.18. The largest absolute Gasteiger partial charge is 0.490 e. The van der Waals surface area contributed by atoms with Crippen LogP contribution in [-0.2, 0) is 0 Å². The molecule has 0 fully saturated rings. The molecular weight excluding hydrogens is 278 g/mol. The van der Waals surface area contributed by atoms with E-state index in [4.69, 9.17) is 21.1 Å². The van der Waals surface area contributed by atoms with Gasteiger partial charge in [0.15, 0.2) is 11.5 Å². The summed E-state index contributed by atoms with van der Waals surface area (Å²) in [4.78, 5) is 14.0. The van der Waals surface area contributed by atoms with Crippen LogP contribution in [0, 0.1) is 0 Å². The van der Waals surface area contributed by atoms with Gasteiger partial charge in [0.2, 0.25) is 0 Å². The second kappa shape index (κ2) is 8.00. The third-order valence-electron chi connectivity index (χ3n) is 3.00. The van der Waals surface area contributed by atoms with Crippen molar-refractivity contribution in [2.24, 2.45) is 0 Å². The molecule has 1 unspecified atom stereocenters. The van der Waals surface area contributed by atoms with Crippen LogP contribution in [0.1, 0.15) is 31.1 Å². The van der Waals surface area contributed by atoms with Gasteiger partial charge in [0, 0.05) is 24.5 Å². The van der Waals surface area contributed by atoms with Crippen molar-refractivity contribution in [3.63, 3.8) is 0 Å². The number of ether oxygens (including phenoxy) is 2. The third kappa shape index (κ3) is 4.04. The molecule has 20 heavy (non-hydrogen) atoms. The molecule has 0 aliphatic heterocycles. The number of carbonyl (C=O) groups is 1. The summed E-state index contributed by atoms with van der Waals surface area (Å²) in [6, 6.07) is 5.20. The van der Waals surface area contributed by atoms with E-state index in [2.05, 4.69) is 0 Å². The monoisotopic (exact) mass is 299 g/mol. The summed E-state index contributed by atoms with van der Waals surface area (Å²) >= 11 is 5.79. The molecule has 0 saturated heterocycles. The van der Waals surface area contributed by atoms with E-state index >= 15 is 0 Å². The molecule has 1 aromatic rings. The van der Waals surface area contributed by atoms with Gasteiger partial charge in [0.05, 0.1) is 13.2 Å². The maximum Gasteiger partial charge on any atom is 0.254 e. The first-order valence-corrected chi connectivity index (χ1v) is 7.31. The van der Waals surface area contributed by atoms with Gasteiger partial charge >= 0.3 is 0 Å². The Labute approximate surface area is 125 Å². The van der Waals surface area contributed by atoms with E-state index < -0.39 is 0 Å². The Morgan fingerprint density at radius 1 is 1.25 bits per heavy atom. The third-order valence-corrected chi connectivity index (χ3v) is 3.44. The molecule has 1 aromatic carbocycles. The van der Waals surface area contributed by atoms with E-state index in [-0.39, 0.29) is 11.9 Å². The van der Waals surface area contributed by atoms with E-state index in [0.717, 1.165) is 0 Å². The summed E-state index contributed by atoms with van der Waals surface area (Å²) in [7, 11) is 1.74. The van der Waals surface area contributed by atoms with Crippen LogP contribution >= 0.6 is 11.6 Å². The molecule has 4 nitrogen and oxygen atoms in total. The lowest BCUT2D eigenvalue weighted by Crippen LogP contribution is -2.36. The van der Waals surface area contributed by atoms with Crippen LogP contribution in [0.5, 0.6) is 11.5 Å². The molecule has 0 bridgehead atoms. The van der Waals surface area contributed by atoms with Crippen molar-refractivity contribution in [1.82, 2.24) is 4.90 Å². The molecule has 0 N–H and O–H groups in total. The van der Waals surface area contributed by atoms with Crippen LogP contribution in [0.2, 0.25) is 0 Å². The molecule has 0 aliphatic carbocycles. The zero-order chi connectivity index (χ0) is 15.1. The molecule has 1 amide bonds. The van der Waals surface area contributed by atoms with Crippen LogP contribution in [0.25, 0.3) is 0 Å². The van der Waals surface area contributed by atoms with Crippen LogP contribution in [0.15, 0.2) is 18.2 Å². The summed E-state index contributed by atoms with van der Waals surface area (Å²) < 4.78 is 11.0. The average Bonchev–Trinajstić information content (AvgIpc) is 2.47. The Bertz CT molecular complexity index is 451. The SMILES string of the molecule is CCOc1ccc(C(=O)N(C)C(C)CCl)cc1OCC. The molecule has 5 heteroatoms. The first-order chi connectivity index (χ1) is 9.54. The number of hydrogen-bond donors (Lipinski definition) is 0. The van der Waals surface area contributed by atoms with E-state index in [1.54, 1.807) is 30.1 Å². The van der Waals surface area contributed by atoms with Gasteiger partial charge in [-0.2, -0.15) is 0 Å². The molecule has 112 valence electrons. The fraction of sp³-hybridized carbons (Fsp3) is 0.533. The predicted molar refractivity (Wildman–Crippen MR) is 81.1 cm³/mol. The molecular formula is C15H22ClNO3. The van der Waals surface area contributed by atoms with Gasteiger partial charge in [-0.05, 0) is 39.0 Å². The Morgan fingerprint density at radius 2 is 1.85 bits per heavy atom. The highest BCUT2D eigenvalue weighted by Crippen LogP contribution is 2.29. The lowest BCUT2D eigenvalue weighted by molar-refractivity contribution is 0.0756. The molecule has 0 spiro atoms. The van der Waals surface area contributed by atoms with Crippen molar-refractivity contribution in [3.8, 4) is 11.5 Å². The van der Waals surface area contributed by atoms with Crippen LogP contribution in [-0.4, -0.2) is 43.0 Å². The van der Waals surface area contributed by atoms with Crippen molar-refractivity contribution < 1.29 is 14.3 Å². The number of alkyl halides is 1. The summed E-state index contributed by atoms with van der Waals surface area (Å²) in [6.07, 6.45) is 0. The van der Waals surface area contributed by atoms with Gasteiger partial charge in [0.25, 0.3) is 5.91 Å². The predicted octanol–water partition coefficient (Wildman–Crippen LogP) is 3.18. The lowest BCUT2D eigenvalue weighted by Gasteiger charge is -2.23. The minimum absolute atomic E-state index is 0.0220. The number of amides is 1. The Balaban J connectivity index is 3.01. The smallest absolute Gasteiger partial charge is 0.254 e. The summed E-state index contributed by atoms with van der Waals surface area (Å²) in [6.45, 7) is 6.78. The molecule has 0 radical (unpaired) electrons. The summed E-state index contributed by atoms with van der Waals surface area (Å²) in [5.74, 6) is 1.56. The van der Waals surface area contributed by atoms with Gasteiger partial charge < -0.3 is 14.4 Å². The minimum atomic E-state index is -0.0813. The van der Waals surface area contributed by atoms with Crippen LogP contribution in [0.3, 0.4) is 0 Å². The first kappa shape index (κ1) is 16.6. The van der Waals surface area contributed by atoms with Gasteiger partial charge in [-0.3, -0.25) is 4.79 Å². The standard InChI is InChI=1S/C15H22ClNO3/c1-5-19-13-8-7-12(9-14(13)20-6-2)15(18)17(4)11(3)10-16/h7-9,11H,5-6,10H2,1-4H3. The Hall–Kier alpha value is -1.42. The van der Waals surface area contributed by atoms with Crippen molar-refractivity contribution in [3.05, 3.63) is 23.8 Å². The highest BCUT2D eigenvalue weighted by atomic mass is 35.5. The van der Waals surface area contributed by atoms with Crippen molar-refractivity contribution in [2.45, 2.75) is 26.8 Å². The van der Waals surface area contributed by atoms with Gasteiger partial charge in [0.1, 0.15) is 0 Å². The number of carbonyl (C=O) groups excluding carboxylic acids is 1. The lowest BCUT2D eigenvalue weighted by atomic mass is 10.1. The quantitative estimate of drug-likeness (QED) is 0.726.